The van der Waals surface area contributed by atoms with Crippen molar-refractivity contribution in [2.45, 2.75) is 64.6 Å². The molecule has 1 saturated carbocycles. The van der Waals surface area contributed by atoms with Gasteiger partial charge in [-0.25, -0.2) is 4.39 Å². The quantitative estimate of drug-likeness (QED) is 0.592. The second-order valence-electron chi connectivity index (χ2n) is 8.97. The Morgan fingerprint density at radius 1 is 1.00 bits per heavy atom. The Labute approximate surface area is 194 Å². The maximum Gasteiger partial charge on any atom is 0.286 e. The Kier molecular flexibility index (Phi) is 8.13. The number of halogens is 1. The number of carbonyl (C=O) groups excluding carboxylic acids is 1. The van der Waals surface area contributed by atoms with Crippen molar-refractivity contribution in [1.82, 2.24) is 5.32 Å². The van der Waals surface area contributed by atoms with E-state index in [2.05, 4.69) is 5.32 Å². The largest absolute Gasteiger partial charge is 0.459 e. The maximum atomic E-state index is 13.1. The number of allylic oxidation sites excluding steroid dienone is 1. The molecule has 1 amide bonds. The summed E-state index contributed by atoms with van der Waals surface area (Å²) in [5.74, 6) is 0.509. The molecule has 33 heavy (non-hydrogen) atoms. The van der Waals surface area contributed by atoms with Gasteiger partial charge in [-0.3, -0.25) is 4.79 Å². The van der Waals surface area contributed by atoms with Crippen LogP contribution in [0.3, 0.4) is 0 Å². The molecular weight excluding hydrogens is 421 g/mol. The predicted molar refractivity (Wildman–Crippen MR) is 123 cm³/mol. The summed E-state index contributed by atoms with van der Waals surface area (Å²) >= 11 is 0. The van der Waals surface area contributed by atoms with Crippen LogP contribution in [0.4, 0.5) is 4.39 Å². The van der Waals surface area contributed by atoms with E-state index in [1.54, 1.807) is 12.1 Å². The summed E-state index contributed by atoms with van der Waals surface area (Å²) in [7, 11) is 0. The minimum atomic E-state index is -0.494. The van der Waals surface area contributed by atoms with Crippen LogP contribution in [0.5, 0.6) is 0 Å². The highest BCUT2D eigenvalue weighted by Crippen LogP contribution is 2.37. The number of nitrogens with one attached hydrogen (secondary N) is 1. The summed E-state index contributed by atoms with van der Waals surface area (Å²) in [6.07, 6.45) is 8.28. The topological polar surface area (TPSA) is 67.8 Å². The molecule has 0 bridgehead atoms. The van der Waals surface area contributed by atoms with E-state index in [0.717, 1.165) is 23.1 Å². The highest BCUT2D eigenvalue weighted by Gasteiger charge is 2.32. The van der Waals surface area contributed by atoms with Crippen molar-refractivity contribution < 1.29 is 23.8 Å². The van der Waals surface area contributed by atoms with E-state index in [0.29, 0.717) is 24.8 Å². The first-order valence-corrected chi connectivity index (χ1v) is 11.8. The summed E-state index contributed by atoms with van der Waals surface area (Å²) in [4.78, 5) is 12.9. The van der Waals surface area contributed by atoms with Crippen LogP contribution in [-0.4, -0.2) is 17.3 Å². The molecule has 2 aromatic rings. The molecule has 1 heterocycles. The fourth-order valence-electron chi connectivity index (χ4n) is 4.64. The number of benzene rings is 2. The van der Waals surface area contributed by atoms with Gasteiger partial charge < -0.3 is 19.9 Å². The van der Waals surface area contributed by atoms with Gasteiger partial charge >= 0.3 is 0 Å². The van der Waals surface area contributed by atoms with Gasteiger partial charge in [0.1, 0.15) is 5.82 Å². The molecule has 2 aliphatic rings. The molecule has 0 unspecified atom stereocenters. The van der Waals surface area contributed by atoms with Crippen LogP contribution < -0.4 is 5.32 Å². The lowest BCUT2D eigenvalue weighted by Gasteiger charge is -2.35. The summed E-state index contributed by atoms with van der Waals surface area (Å²) in [5.41, 5.74) is 2.67. The summed E-state index contributed by atoms with van der Waals surface area (Å²) in [6, 6.07) is 13.7. The van der Waals surface area contributed by atoms with Gasteiger partial charge in [0.15, 0.2) is 5.76 Å². The normalized spacial score (nSPS) is 21.2. The van der Waals surface area contributed by atoms with Gasteiger partial charge in [0, 0.05) is 13.0 Å². The van der Waals surface area contributed by atoms with Crippen LogP contribution >= 0.6 is 0 Å². The van der Waals surface area contributed by atoms with Gasteiger partial charge in [-0.15, -0.1) is 0 Å². The number of rotatable bonds is 8. The number of hydrogen-bond donors (Lipinski definition) is 2. The van der Waals surface area contributed by atoms with Crippen molar-refractivity contribution >= 4 is 5.91 Å². The number of aliphatic hydroxyl groups excluding tert-OH is 1. The molecule has 4 rings (SSSR count). The monoisotopic (exact) mass is 453 g/mol. The number of carbonyl (C=O) groups is 1. The average Bonchev–Trinajstić information content (AvgIpc) is 2.87. The van der Waals surface area contributed by atoms with E-state index in [-0.39, 0.29) is 24.2 Å². The molecule has 2 atom stereocenters. The van der Waals surface area contributed by atoms with E-state index >= 15 is 0 Å². The van der Waals surface area contributed by atoms with E-state index in [1.807, 2.05) is 30.3 Å². The molecule has 176 valence electrons. The highest BCUT2D eigenvalue weighted by molar-refractivity contribution is 5.91. The van der Waals surface area contributed by atoms with Crippen molar-refractivity contribution in [2.75, 3.05) is 0 Å². The Morgan fingerprint density at radius 3 is 2.36 bits per heavy atom. The third-order valence-electron chi connectivity index (χ3n) is 6.58. The van der Waals surface area contributed by atoms with Crippen molar-refractivity contribution in [3.05, 3.63) is 82.9 Å². The zero-order valence-corrected chi connectivity index (χ0v) is 18.8. The SMILES string of the molecule is O=C(NCc1ccc(F)cc1)C1=C[C@H](C2CCCCC2)C[C@H](OCc2ccc(CO)cc2)O1. The van der Waals surface area contributed by atoms with Crippen LogP contribution in [0.2, 0.25) is 0 Å². The van der Waals surface area contributed by atoms with Gasteiger partial charge in [0.2, 0.25) is 6.29 Å². The third-order valence-corrected chi connectivity index (χ3v) is 6.58. The van der Waals surface area contributed by atoms with Crippen LogP contribution in [0.1, 0.15) is 55.2 Å². The molecular formula is C27H32FNO4. The molecule has 0 aromatic heterocycles. The molecule has 1 fully saturated rings. The predicted octanol–water partition coefficient (Wildman–Crippen LogP) is 4.98. The van der Waals surface area contributed by atoms with Crippen LogP contribution in [0.25, 0.3) is 0 Å². The smallest absolute Gasteiger partial charge is 0.286 e. The van der Waals surface area contributed by atoms with Crippen LogP contribution in [0, 0.1) is 17.7 Å². The molecule has 0 saturated heterocycles. The maximum absolute atomic E-state index is 13.1. The Hall–Kier alpha value is -2.70. The lowest BCUT2D eigenvalue weighted by atomic mass is 9.77. The Balaban J connectivity index is 1.40. The molecule has 5 nitrogen and oxygen atoms in total. The van der Waals surface area contributed by atoms with Crippen molar-refractivity contribution in [3.8, 4) is 0 Å². The van der Waals surface area contributed by atoms with Gasteiger partial charge in [-0.2, -0.15) is 0 Å². The van der Waals surface area contributed by atoms with E-state index in [4.69, 9.17) is 9.47 Å². The van der Waals surface area contributed by atoms with Gasteiger partial charge in [0.05, 0.1) is 13.2 Å². The molecule has 2 aromatic carbocycles. The highest BCUT2D eigenvalue weighted by atomic mass is 19.1. The van der Waals surface area contributed by atoms with E-state index < -0.39 is 6.29 Å². The minimum absolute atomic E-state index is 0.0110. The van der Waals surface area contributed by atoms with Gasteiger partial charge in [0.25, 0.3) is 5.91 Å². The van der Waals surface area contributed by atoms with E-state index in [9.17, 15) is 14.3 Å². The number of amides is 1. The lowest BCUT2D eigenvalue weighted by molar-refractivity contribution is -0.156. The number of aliphatic hydroxyl groups is 1. The molecule has 0 spiro atoms. The first kappa shape index (κ1) is 23.5. The summed E-state index contributed by atoms with van der Waals surface area (Å²) < 4.78 is 25.2. The molecule has 2 N–H and O–H groups in total. The second-order valence-corrected chi connectivity index (χ2v) is 8.97. The average molecular weight is 454 g/mol. The van der Waals surface area contributed by atoms with Crippen molar-refractivity contribution in [2.24, 2.45) is 11.8 Å². The fourth-order valence-corrected chi connectivity index (χ4v) is 4.64. The molecule has 1 aliphatic carbocycles. The lowest BCUT2D eigenvalue weighted by Crippen LogP contribution is -2.35. The van der Waals surface area contributed by atoms with E-state index in [1.165, 1.54) is 44.2 Å². The first-order chi connectivity index (χ1) is 16.1. The molecule has 0 radical (unpaired) electrons. The standard InChI is InChI=1S/C27H32FNO4/c28-24-12-10-19(11-13-24)16-29-27(31)25-14-23(22-4-2-1-3-5-22)15-26(33-25)32-18-21-8-6-20(17-30)7-9-21/h6-14,22-23,26,30H,1-5,15-18H2,(H,29,31)/t23-,26+/m0/s1. The van der Waals surface area contributed by atoms with Crippen LogP contribution in [0.15, 0.2) is 60.4 Å². The fraction of sp³-hybridized carbons (Fsp3) is 0.444. The number of ether oxygens (including phenoxy) is 2. The first-order valence-electron chi connectivity index (χ1n) is 11.8. The summed E-state index contributed by atoms with van der Waals surface area (Å²) in [6.45, 7) is 0.687. The minimum Gasteiger partial charge on any atom is -0.459 e. The van der Waals surface area contributed by atoms with Gasteiger partial charge in [-0.1, -0.05) is 55.7 Å². The van der Waals surface area contributed by atoms with Crippen molar-refractivity contribution in [3.63, 3.8) is 0 Å². The van der Waals surface area contributed by atoms with Gasteiger partial charge in [-0.05, 0) is 59.6 Å². The van der Waals surface area contributed by atoms with Crippen molar-refractivity contribution in [1.29, 1.82) is 0 Å². The molecule has 6 heteroatoms. The van der Waals surface area contributed by atoms with Crippen LogP contribution in [-0.2, 0) is 34.0 Å². The zero-order valence-electron chi connectivity index (χ0n) is 18.8. The Morgan fingerprint density at radius 2 is 1.67 bits per heavy atom. The molecule has 1 aliphatic heterocycles. The number of hydrogen-bond acceptors (Lipinski definition) is 4. The Bertz CT molecular complexity index is 936. The second kappa shape index (κ2) is 11.4. The summed E-state index contributed by atoms with van der Waals surface area (Å²) in [5, 5.41) is 12.1. The zero-order chi connectivity index (χ0) is 23.0. The third kappa shape index (κ3) is 6.65.